The number of ether oxygens (including phenoxy) is 3. The molecule has 0 unspecified atom stereocenters. The Morgan fingerprint density at radius 3 is 2.60 bits per heavy atom. The molecule has 11 heteroatoms. The molecule has 3 heterocycles. The minimum Gasteiger partial charge on any atom is -0.490 e. The van der Waals surface area contributed by atoms with Crippen molar-refractivity contribution < 1.29 is 23.8 Å². The summed E-state index contributed by atoms with van der Waals surface area (Å²) >= 11 is 19.1. The molecule has 40 heavy (non-hydrogen) atoms. The van der Waals surface area contributed by atoms with Crippen molar-refractivity contribution in [1.82, 2.24) is 0 Å². The lowest BCUT2D eigenvalue weighted by molar-refractivity contribution is -0.129. The Hall–Kier alpha value is -3.21. The summed E-state index contributed by atoms with van der Waals surface area (Å²) in [6, 6.07) is 18.2. The monoisotopic (exact) mass is 671 g/mol. The van der Waals surface area contributed by atoms with E-state index in [9.17, 15) is 9.59 Å². The van der Waals surface area contributed by atoms with Crippen LogP contribution >= 0.6 is 61.8 Å². The highest BCUT2D eigenvalue weighted by molar-refractivity contribution is 9.10. The van der Waals surface area contributed by atoms with Crippen molar-refractivity contribution in [3.8, 4) is 11.5 Å². The van der Waals surface area contributed by atoms with Crippen LogP contribution in [-0.2, 0) is 9.53 Å². The van der Waals surface area contributed by atoms with Gasteiger partial charge in [-0.05, 0) is 48.9 Å². The molecule has 0 saturated heterocycles. The quantitative estimate of drug-likeness (QED) is 0.102. The third-order valence-corrected chi connectivity index (χ3v) is 9.69. The van der Waals surface area contributed by atoms with Gasteiger partial charge >= 0.3 is 11.9 Å². The van der Waals surface area contributed by atoms with Crippen LogP contribution in [-0.4, -0.2) is 24.4 Å². The predicted octanol–water partition coefficient (Wildman–Crippen LogP) is 9.15. The zero-order valence-electron chi connectivity index (χ0n) is 20.5. The molecule has 5 aromatic rings. The summed E-state index contributed by atoms with van der Waals surface area (Å²) in [5.41, 5.74) is 0.714. The fourth-order valence-electron chi connectivity index (χ4n) is 4.10. The van der Waals surface area contributed by atoms with Crippen molar-refractivity contribution in [2.24, 2.45) is 4.99 Å². The highest BCUT2D eigenvalue weighted by atomic mass is 79.9. The van der Waals surface area contributed by atoms with Gasteiger partial charge in [0.15, 0.2) is 17.2 Å². The molecule has 6 rings (SSSR count). The van der Waals surface area contributed by atoms with Gasteiger partial charge in [-0.3, -0.25) is 0 Å². The molecule has 3 aromatic carbocycles. The minimum atomic E-state index is -0.594. The highest BCUT2D eigenvalue weighted by Gasteiger charge is 2.28. The molecule has 0 spiro atoms. The molecule has 6 nitrogen and oxygen atoms in total. The SMILES string of the molecule is CCOc1cc(/C=C2/N=C(c3sc4ccccc4c3Cl)OC2=O)ccc1OC(=O)c1sc2cc(Br)ccc2c1Cl. The number of rotatable bonds is 6. The molecule has 2 aromatic heterocycles. The van der Waals surface area contributed by atoms with Crippen LogP contribution in [0.3, 0.4) is 0 Å². The van der Waals surface area contributed by atoms with Gasteiger partial charge in [-0.25, -0.2) is 14.6 Å². The Morgan fingerprint density at radius 1 is 1.00 bits per heavy atom. The van der Waals surface area contributed by atoms with Gasteiger partial charge in [0, 0.05) is 24.6 Å². The summed E-state index contributed by atoms with van der Waals surface area (Å²) in [4.78, 5) is 31.0. The topological polar surface area (TPSA) is 74.2 Å². The van der Waals surface area contributed by atoms with Gasteiger partial charge in [0.2, 0.25) is 5.90 Å². The lowest BCUT2D eigenvalue weighted by Crippen LogP contribution is -2.08. The minimum absolute atomic E-state index is 0.110. The Morgan fingerprint density at radius 2 is 1.80 bits per heavy atom. The predicted molar refractivity (Wildman–Crippen MR) is 165 cm³/mol. The van der Waals surface area contributed by atoms with Gasteiger partial charge in [-0.2, -0.15) is 0 Å². The number of carbonyl (C=O) groups excluding carboxylic acids is 2. The van der Waals surface area contributed by atoms with Crippen LogP contribution in [0.5, 0.6) is 11.5 Å². The summed E-state index contributed by atoms with van der Waals surface area (Å²) in [6.45, 7) is 2.15. The number of fused-ring (bicyclic) bond motifs is 2. The number of halogens is 3. The Balaban J connectivity index is 1.29. The van der Waals surface area contributed by atoms with Gasteiger partial charge < -0.3 is 14.2 Å². The van der Waals surface area contributed by atoms with E-state index in [1.54, 1.807) is 24.3 Å². The lowest BCUT2D eigenvalue weighted by Gasteiger charge is -2.11. The van der Waals surface area contributed by atoms with Crippen molar-refractivity contribution in [1.29, 1.82) is 0 Å². The summed E-state index contributed by atoms with van der Waals surface area (Å²) in [6.07, 6.45) is 1.57. The van der Waals surface area contributed by atoms with Crippen LogP contribution in [0, 0.1) is 0 Å². The van der Waals surface area contributed by atoms with E-state index in [0.29, 0.717) is 37.7 Å². The Labute approximate surface area is 254 Å². The average Bonchev–Trinajstić information content (AvgIpc) is 3.58. The smallest absolute Gasteiger partial charge is 0.363 e. The standard InChI is InChI=1S/C29H16BrCl2NO5S2/c1-2-36-20-12-14(7-10-19(20)37-29(35)26-24(32)17-9-8-15(30)13-22(17)40-26)11-18-28(34)38-27(33-18)25-23(31)16-5-3-4-6-21(16)39-25/h3-13H,2H2,1H3/b18-11+. The van der Waals surface area contributed by atoms with E-state index in [-0.39, 0.29) is 17.3 Å². The number of thiophene rings is 2. The van der Waals surface area contributed by atoms with Gasteiger partial charge in [0.05, 0.1) is 16.7 Å². The van der Waals surface area contributed by atoms with Crippen LogP contribution in [0.4, 0.5) is 0 Å². The first-order chi connectivity index (χ1) is 19.3. The first-order valence-corrected chi connectivity index (χ1v) is 15.1. The maximum Gasteiger partial charge on any atom is 0.363 e. The van der Waals surface area contributed by atoms with Crippen LogP contribution in [0.15, 0.2) is 75.8 Å². The molecule has 0 radical (unpaired) electrons. The maximum absolute atomic E-state index is 13.1. The van der Waals surface area contributed by atoms with E-state index in [2.05, 4.69) is 20.9 Å². The summed E-state index contributed by atoms with van der Waals surface area (Å²) in [7, 11) is 0. The first kappa shape index (κ1) is 27.0. The van der Waals surface area contributed by atoms with Crippen LogP contribution < -0.4 is 9.47 Å². The summed E-state index contributed by atoms with van der Waals surface area (Å²) in [5.74, 6) is -0.483. The first-order valence-electron chi connectivity index (χ1n) is 11.9. The number of hydrogen-bond acceptors (Lipinski definition) is 8. The van der Waals surface area contributed by atoms with Crippen molar-refractivity contribution in [2.45, 2.75) is 6.92 Å². The Kier molecular flexibility index (Phi) is 7.41. The molecule has 1 aliphatic heterocycles. The second-order valence-electron chi connectivity index (χ2n) is 8.49. The molecule has 200 valence electrons. The Bertz CT molecular complexity index is 1910. The third kappa shape index (κ3) is 5.04. The number of cyclic esters (lactones) is 1. The van der Waals surface area contributed by atoms with Crippen molar-refractivity contribution >= 4 is 106 Å². The van der Waals surface area contributed by atoms with E-state index in [0.717, 1.165) is 24.6 Å². The van der Waals surface area contributed by atoms with E-state index in [4.69, 9.17) is 37.4 Å². The molecule has 0 saturated carbocycles. The average molecular weight is 673 g/mol. The van der Waals surface area contributed by atoms with Crippen molar-refractivity contribution in [3.05, 3.63) is 96.2 Å². The third-order valence-electron chi connectivity index (χ3n) is 5.90. The zero-order valence-corrected chi connectivity index (χ0v) is 25.2. The van der Waals surface area contributed by atoms with Gasteiger partial charge in [-0.1, -0.05) is 69.5 Å². The van der Waals surface area contributed by atoms with Gasteiger partial charge in [0.1, 0.15) is 9.75 Å². The summed E-state index contributed by atoms with van der Waals surface area (Å²) < 4.78 is 19.6. The number of carbonyl (C=O) groups is 2. The fourth-order valence-corrected chi connectivity index (χ4v) is 7.47. The molecule has 1 aliphatic rings. The molecule has 0 amide bonds. The van der Waals surface area contributed by atoms with Gasteiger partial charge in [-0.15, -0.1) is 22.7 Å². The fraction of sp³-hybridized carbons (Fsp3) is 0.0690. The zero-order chi connectivity index (χ0) is 28.0. The van der Waals surface area contributed by atoms with Crippen LogP contribution in [0.1, 0.15) is 27.0 Å². The molecule has 0 atom stereocenters. The second-order valence-corrected chi connectivity index (χ2v) is 12.3. The number of benzene rings is 3. The largest absolute Gasteiger partial charge is 0.490 e. The molecule has 0 bridgehead atoms. The second kappa shape index (κ2) is 11.0. The van der Waals surface area contributed by atoms with Crippen molar-refractivity contribution in [2.75, 3.05) is 6.61 Å². The summed E-state index contributed by atoms with van der Waals surface area (Å²) in [5, 5.41) is 2.47. The maximum atomic E-state index is 13.1. The van der Waals surface area contributed by atoms with E-state index < -0.39 is 11.9 Å². The molecule has 0 fully saturated rings. The number of hydrogen-bond donors (Lipinski definition) is 0. The van der Waals surface area contributed by atoms with E-state index >= 15 is 0 Å². The number of esters is 2. The van der Waals surface area contributed by atoms with Crippen LogP contribution in [0.2, 0.25) is 10.0 Å². The van der Waals surface area contributed by atoms with Gasteiger partial charge in [0.25, 0.3) is 0 Å². The molecular weight excluding hydrogens is 657 g/mol. The van der Waals surface area contributed by atoms with Crippen LogP contribution in [0.25, 0.3) is 26.2 Å². The number of nitrogens with zero attached hydrogens (tertiary/aromatic N) is 1. The lowest BCUT2D eigenvalue weighted by atomic mass is 10.1. The van der Waals surface area contributed by atoms with E-state index in [1.807, 2.05) is 49.4 Å². The number of aliphatic imine (C=N–C) groups is 1. The normalized spacial score (nSPS) is 14.2. The molecule has 0 N–H and O–H groups in total. The van der Waals surface area contributed by atoms with Crippen molar-refractivity contribution in [3.63, 3.8) is 0 Å². The molecule has 0 aliphatic carbocycles. The van der Waals surface area contributed by atoms with E-state index in [1.165, 1.54) is 22.7 Å². The highest BCUT2D eigenvalue weighted by Crippen LogP contribution is 2.39. The molecular formula is C29H16BrCl2NO5S2.